The third-order valence-corrected chi connectivity index (χ3v) is 3.22. The first kappa shape index (κ1) is 12.4. The molecule has 0 spiro atoms. The quantitative estimate of drug-likeness (QED) is 0.866. The van der Waals surface area contributed by atoms with Gasteiger partial charge in [0.05, 0.1) is 0 Å². The fraction of sp³-hybridized carbons (Fsp3) is 0.267. The molecule has 3 nitrogen and oxygen atoms in total. The molecule has 0 bridgehead atoms. The number of aromatic hydroxyl groups is 1. The van der Waals surface area contributed by atoms with Crippen molar-refractivity contribution in [3.63, 3.8) is 0 Å². The van der Waals surface area contributed by atoms with Crippen molar-refractivity contribution in [1.82, 2.24) is 0 Å². The van der Waals surface area contributed by atoms with E-state index in [1.807, 2.05) is 38.1 Å². The minimum Gasteiger partial charge on any atom is -0.507 e. The summed E-state index contributed by atoms with van der Waals surface area (Å²) in [6.07, 6.45) is 0.807. The highest BCUT2D eigenvalue weighted by atomic mass is 16.3. The van der Waals surface area contributed by atoms with Gasteiger partial charge in [-0.05, 0) is 18.6 Å². The number of nitrogens with one attached hydrogen (secondary N) is 1. The molecule has 2 aromatic rings. The normalized spacial score (nSPS) is 12.3. The number of carbonyl (C=O) groups excluding carboxylic acids is 1. The summed E-state index contributed by atoms with van der Waals surface area (Å²) in [5, 5.41) is 14.3. The van der Waals surface area contributed by atoms with E-state index in [2.05, 4.69) is 5.32 Å². The average Bonchev–Trinajstić information content (AvgIpc) is 2.39. The summed E-state index contributed by atoms with van der Waals surface area (Å²) in [6.45, 7) is 3.89. The number of carbonyl (C=O) groups is 1. The third-order valence-electron chi connectivity index (χ3n) is 3.22. The Balaban J connectivity index is 2.40. The summed E-state index contributed by atoms with van der Waals surface area (Å²) in [4.78, 5) is 11.9. The summed E-state index contributed by atoms with van der Waals surface area (Å²) >= 11 is 0. The van der Waals surface area contributed by atoms with Gasteiger partial charge in [-0.25, -0.2) is 0 Å². The number of rotatable bonds is 3. The van der Waals surface area contributed by atoms with Gasteiger partial charge in [0.2, 0.25) is 5.91 Å². The Labute approximate surface area is 106 Å². The van der Waals surface area contributed by atoms with Crippen LogP contribution < -0.4 is 5.32 Å². The lowest BCUT2D eigenvalue weighted by Crippen LogP contribution is -2.19. The van der Waals surface area contributed by atoms with Crippen molar-refractivity contribution < 1.29 is 9.90 Å². The molecule has 0 radical (unpaired) electrons. The van der Waals surface area contributed by atoms with Crippen LogP contribution in [0.15, 0.2) is 36.4 Å². The third kappa shape index (κ3) is 2.30. The van der Waals surface area contributed by atoms with Gasteiger partial charge in [-0.15, -0.1) is 0 Å². The van der Waals surface area contributed by atoms with E-state index < -0.39 is 0 Å². The molecular weight excluding hydrogens is 226 g/mol. The fourth-order valence-electron chi connectivity index (χ4n) is 1.84. The van der Waals surface area contributed by atoms with E-state index in [1.54, 1.807) is 12.1 Å². The van der Waals surface area contributed by atoms with E-state index >= 15 is 0 Å². The monoisotopic (exact) mass is 243 g/mol. The molecule has 0 aromatic heterocycles. The van der Waals surface area contributed by atoms with E-state index in [0.29, 0.717) is 0 Å². The Morgan fingerprint density at radius 1 is 1.22 bits per heavy atom. The number of hydrogen-bond donors (Lipinski definition) is 2. The zero-order valence-corrected chi connectivity index (χ0v) is 10.6. The Kier molecular flexibility index (Phi) is 3.51. The van der Waals surface area contributed by atoms with Crippen LogP contribution in [0.5, 0.6) is 5.75 Å². The molecule has 2 rings (SSSR count). The Hall–Kier alpha value is -2.03. The lowest BCUT2D eigenvalue weighted by Gasteiger charge is -2.12. The lowest BCUT2D eigenvalue weighted by molar-refractivity contribution is -0.119. The van der Waals surface area contributed by atoms with Crippen molar-refractivity contribution in [2.45, 2.75) is 20.3 Å². The maximum absolute atomic E-state index is 11.9. The van der Waals surface area contributed by atoms with Crippen molar-refractivity contribution in [3.8, 4) is 5.75 Å². The van der Waals surface area contributed by atoms with Gasteiger partial charge in [-0.1, -0.05) is 38.1 Å². The molecule has 0 fully saturated rings. The van der Waals surface area contributed by atoms with Crippen LogP contribution >= 0.6 is 0 Å². The summed E-state index contributed by atoms with van der Waals surface area (Å²) < 4.78 is 0. The standard InChI is InChI=1S/C15H17NO2/c1-3-10(2)15(18)16-13-8-4-7-12-11(13)6-5-9-14(12)17/h4-10,17H,3H2,1-2H3,(H,16,18). The predicted molar refractivity (Wildman–Crippen MR) is 73.7 cm³/mol. The van der Waals surface area contributed by atoms with Crippen LogP contribution in [0.3, 0.4) is 0 Å². The summed E-state index contributed by atoms with van der Waals surface area (Å²) in [6, 6.07) is 10.8. The molecule has 0 heterocycles. The lowest BCUT2D eigenvalue weighted by atomic mass is 10.1. The molecule has 1 atom stereocenters. The van der Waals surface area contributed by atoms with Crippen LogP contribution in [0.4, 0.5) is 5.69 Å². The van der Waals surface area contributed by atoms with Gasteiger partial charge >= 0.3 is 0 Å². The maximum Gasteiger partial charge on any atom is 0.227 e. The Morgan fingerprint density at radius 2 is 1.89 bits per heavy atom. The number of phenols is 1. The van der Waals surface area contributed by atoms with E-state index in [-0.39, 0.29) is 17.6 Å². The Morgan fingerprint density at radius 3 is 2.61 bits per heavy atom. The van der Waals surface area contributed by atoms with Crippen LogP contribution in [0.1, 0.15) is 20.3 Å². The van der Waals surface area contributed by atoms with Crippen molar-refractivity contribution >= 4 is 22.4 Å². The topological polar surface area (TPSA) is 49.3 Å². The summed E-state index contributed by atoms with van der Waals surface area (Å²) in [5.74, 6) is 0.220. The smallest absolute Gasteiger partial charge is 0.227 e. The van der Waals surface area contributed by atoms with Crippen molar-refractivity contribution in [2.24, 2.45) is 5.92 Å². The second kappa shape index (κ2) is 5.08. The van der Waals surface area contributed by atoms with E-state index in [1.165, 1.54) is 0 Å². The number of fused-ring (bicyclic) bond motifs is 1. The number of anilines is 1. The van der Waals surface area contributed by atoms with Gasteiger partial charge in [-0.3, -0.25) is 4.79 Å². The van der Waals surface area contributed by atoms with Gasteiger partial charge in [0, 0.05) is 22.4 Å². The molecule has 18 heavy (non-hydrogen) atoms. The number of amides is 1. The summed E-state index contributed by atoms with van der Waals surface area (Å²) in [7, 11) is 0. The zero-order chi connectivity index (χ0) is 13.1. The van der Waals surface area contributed by atoms with Gasteiger partial charge < -0.3 is 10.4 Å². The fourth-order valence-corrected chi connectivity index (χ4v) is 1.84. The molecule has 0 aliphatic carbocycles. The number of hydrogen-bond acceptors (Lipinski definition) is 2. The minimum atomic E-state index is -0.0161. The molecule has 1 unspecified atom stereocenters. The predicted octanol–water partition coefficient (Wildman–Crippen LogP) is 3.53. The van der Waals surface area contributed by atoms with Gasteiger partial charge in [0.1, 0.15) is 5.75 Å². The molecule has 0 aliphatic heterocycles. The SMILES string of the molecule is CCC(C)C(=O)Nc1cccc2c(O)cccc12. The van der Waals surface area contributed by atoms with Crippen molar-refractivity contribution in [1.29, 1.82) is 0 Å². The number of phenolic OH excluding ortho intramolecular Hbond substituents is 1. The zero-order valence-electron chi connectivity index (χ0n) is 10.6. The first-order chi connectivity index (χ1) is 8.63. The van der Waals surface area contributed by atoms with Gasteiger partial charge in [-0.2, -0.15) is 0 Å². The molecule has 3 heteroatoms. The second-order valence-corrected chi connectivity index (χ2v) is 4.48. The molecule has 1 amide bonds. The molecule has 0 saturated carbocycles. The second-order valence-electron chi connectivity index (χ2n) is 4.48. The van der Waals surface area contributed by atoms with Crippen LogP contribution in [0, 0.1) is 5.92 Å². The average molecular weight is 243 g/mol. The Bertz CT molecular complexity index is 578. The van der Waals surface area contributed by atoms with Crippen molar-refractivity contribution in [3.05, 3.63) is 36.4 Å². The first-order valence-corrected chi connectivity index (χ1v) is 6.15. The molecule has 2 aromatic carbocycles. The van der Waals surface area contributed by atoms with Crippen LogP contribution in [0.25, 0.3) is 10.8 Å². The maximum atomic E-state index is 11.9. The van der Waals surface area contributed by atoms with Crippen LogP contribution in [-0.2, 0) is 4.79 Å². The summed E-state index contributed by atoms with van der Waals surface area (Å²) in [5.41, 5.74) is 0.744. The highest BCUT2D eigenvalue weighted by Gasteiger charge is 2.12. The number of benzene rings is 2. The largest absolute Gasteiger partial charge is 0.507 e. The van der Waals surface area contributed by atoms with Gasteiger partial charge in [0.25, 0.3) is 0 Å². The molecule has 0 aliphatic rings. The first-order valence-electron chi connectivity index (χ1n) is 6.15. The minimum absolute atomic E-state index is 0.00772. The van der Waals surface area contributed by atoms with Gasteiger partial charge in [0.15, 0.2) is 0 Å². The highest BCUT2D eigenvalue weighted by Crippen LogP contribution is 2.30. The molecule has 94 valence electrons. The van der Waals surface area contributed by atoms with E-state index in [9.17, 15) is 9.90 Å². The van der Waals surface area contributed by atoms with Crippen LogP contribution in [0.2, 0.25) is 0 Å². The van der Waals surface area contributed by atoms with E-state index in [0.717, 1.165) is 22.9 Å². The van der Waals surface area contributed by atoms with Crippen LogP contribution in [-0.4, -0.2) is 11.0 Å². The molecular formula is C15H17NO2. The van der Waals surface area contributed by atoms with Crippen molar-refractivity contribution in [2.75, 3.05) is 5.32 Å². The highest BCUT2D eigenvalue weighted by molar-refractivity contribution is 6.04. The molecule has 0 saturated heterocycles. The van der Waals surface area contributed by atoms with E-state index in [4.69, 9.17) is 0 Å². The molecule has 2 N–H and O–H groups in total.